The third-order valence-corrected chi connectivity index (χ3v) is 5.21. The lowest BCUT2D eigenvalue weighted by Gasteiger charge is -2.15. The Bertz CT molecular complexity index is 954. The molecule has 2 amide bonds. The van der Waals surface area contributed by atoms with E-state index in [2.05, 4.69) is 5.43 Å². The molecule has 1 fully saturated rings. The molecule has 0 unspecified atom stereocenters. The Balaban J connectivity index is 1.70. The second-order valence-corrected chi connectivity index (χ2v) is 8.10. The van der Waals surface area contributed by atoms with E-state index < -0.39 is 5.91 Å². The molecule has 8 heteroatoms. The van der Waals surface area contributed by atoms with Crippen LogP contribution in [0.3, 0.4) is 0 Å². The number of benzene rings is 2. The van der Waals surface area contributed by atoms with Crippen LogP contribution >= 0.6 is 24.0 Å². The second kappa shape index (κ2) is 9.11. The number of methoxy groups -OCH3 is 1. The first-order valence-electron chi connectivity index (χ1n) is 8.87. The number of carbonyl (C=O) groups excluding carboxylic acids is 2. The van der Waals surface area contributed by atoms with Gasteiger partial charge in [0.2, 0.25) is 0 Å². The summed E-state index contributed by atoms with van der Waals surface area (Å²) in [5.41, 5.74) is 3.79. The van der Waals surface area contributed by atoms with Crippen molar-refractivity contribution in [2.45, 2.75) is 20.0 Å². The first-order valence-corrected chi connectivity index (χ1v) is 10.1. The van der Waals surface area contributed by atoms with Gasteiger partial charge in [0, 0.05) is 5.56 Å². The van der Waals surface area contributed by atoms with Gasteiger partial charge < -0.3 is 9.47 Å². The molecule has 0 saturated carbocycles. The summed E-state index contributed by atoms with van der Waals surface area (Å²) in [5, 5.41) is 1.09. The molecule has 0 atom stereocenters. The van der Waals surface area contributed by atoms with Crippen LogP contribution in [-0.2, 0) is 4.79 Å². The maximum absolute atomic E-state index is 12.7. The van der Waals surface area contributed by atoms with Crippen molar-refractivity contribution in [2.75, 3.05) is 7.11 Å². The van der Waals surface area contributed by atoms with Gasteiger partial charge in [-0.05, 0) is 74.1 Å². The number of hydrogen-bond donors (Lipinski definition) is 1. The molecule has 1 saturated heterocycles. The maximum atomic E-state index is 12.7. The average Bonchev–Trinajstić information content (AvgIpc) is 2.96. The van der Waals surface area contributed by atoms with Crippen molar-refractivity contribution in [3.63, 3.8) is 0 Å². The van der Waals surface area contributed by atoms with Crippen molar-refractivity contribution in [3.05, 3.63) is 64.6 Å². The highest BCUT2D eigenvalue weighted by Crippen LogP contribution is 2.31. The number of thioether (sulfide) groups is 1. The Morgan fingerprint density at radius 1 is 1.10 bits per heavy atom. The van der Waals surface area contributed by atoms with Gasteiger partial charge in [-0.1, -0.05) is 23.9 Å². The van der Waals surface area contributed by atoms with Crippen molar-refractivity contribution in [1.82, 2.24) is 10.4 Å². The molecule has 1 heterocycles. The van der Waals surface area contributed by atoms with Crippen molar-refractivity contribution < 1.29 is 19.1 Å². The zero-order valence-corrected chi connectivity index (χ0v) is 17.8. The van der Waals surface area contributed by atoms with Gasteiger partial charge in [-0.2, -0.15) is 5.01 Å². The van der Waals surface area contributed by atoms with Crippen LogP contribution in [0.4, 0.5) is 0 Å². The van der Waals surface area contributed by atoms with Gasteiger partial charge in [0.15, 0.2) is 4.32 Å². The van der Waals surface area contributed by atoms with Gasteiger partial charge in [0.05, 0.1) is 18.1 Å². The molecule has 0 spiro atoms. The minimum absolute atomic E-state index is 0.0893. The Hall–Kier alpha value is -2.84. The van der Waals surface area contributed by atoms with Crippen molar-refractivity contribution in [1.29, 1.82) is 0 Å². The molecule has 1 N–H and O–H groups in total. The largest absolute Gasteiger partial charge is 0.497 e. The van der Waals surface area contributed by atoms with Crippen LogP contribution in [0.15, 0.2) is 53.4 Å². The molecule has 0 bridgehead atoms. The minimum atomic E-state index is -0.430. The summed E-state index contributed by atoms with van der Waals surface area (Å²) in [7, 11) is 1.55. The van der Waals surface area contributed by atoms with E-state index >= 15 is 0 Å². The molecule has 0 aromatic heterocycles. The van der Waals surface area contributed by atoms with E-state index in [-0.39, 0.29) is 16.3 Å². The summed E-state index contributed by atoms with van der Waals surface area (Å²) in [6.07, 6.45) is 1.82. The SMILES string of the molecule is COc1ccc(C(=O)NN2C(=O)C(=Cc3ccc(OC(C)C)cc3)SC2=S)cc1. The number of hydrogen-bond acceptors (Lipinski definition) is 6. The fourth-order valence-electron chi connectivity index (χ4n) is 2.54. The number of nitrogens with one attached hydrogen (secondary N) is 1. The van der Waals surface area contributed by atoms with Gasteiger partial charge in [-0.25, -0.2) is 0 Å². The molecule has 6 nitrogen and oxygen atoms in total. The van der Waals surface area contributed by atoms with Crippen LogP contribution in [0, 0.1) is 0 Å². The molecular weight excluding hydrogens is 408 g/mol. The number of carbonyl (C=O) groups is 2. The van der Waals surface area contributed by atoms with Crippen molar-refractivity contribution in [2.24, 2.45) is 0 Å². The third-order valence-electron chi connectivity index (χ3n) is 3.91. The van der Waals surface area contributed by atoms with E-state index in [0.29, 0.717) is 16.2 Å². The third kappa shape index (κ3) is 5.16. The van der Waals surface area contributed by atoms with Crippen LogP contribution in [0.1, 0.15) is 29.8 Å². The molecular formula is C21H20N2O4S2. The van der Waals surface area contributed by atoms with Crippen LogP contribution in [0.5, 0.6) is 11.5 Å². The lowest BCUT2D eigenvalue weighted by Crippen LogP contribution is -2.44. The van der Waals surface area contributed by atoms with Crippen molar-refractivity contribution >= 4 is 46.2 Å². The fourth-order valence-corrected chi connectivity index (χ4v) is 3.72. The number of thiocarbonyl (C=S) groups is 1. The summed E-state index contributed by atoms with van der Waals surface area (Å²) >= 11 is 6.40. The summed E-state index contributed by atoms with van der Waals surface area (Å²) in [4.78, 5) is 25.6. The summed E-state index contributed by atoms with van der Waals surface area (Å²) < 4.78 is 11.0. The van der Waals surface area contributed by atoms with Crippen molar-refractivity contribution in [3.8, 4) is 11.5 Å². The number of hydrazine groups is 1. The van der Waals surface area contributed by atoms with Crippen LogP contribution in [0.25, 0.3) is 6.08 Å². The van der Waals surface area contributed by atoms with Crippen LogP contribution < -0.4 is 14.9 Å². The smallest absolute Gasteiger partial charge is 0.285 e. The quantitative estimate of drug-likeness (QED) is 0.554. The Labute approximate surface area is 178 Å². The van der Waals surface area contributed by atoms with E-state index in [1.807, 2.05) is 38.1 Å². The summed E-state index contributed by atoms with van der Waals surface area (Å²) in [6.45, 7) is 3.92. The predicted molar refractivity (Wildman–Crippen MR) is 118 cm³/mol. The number of nitrogens with zero attached hydrogens (tertiary/aromatic N) is 1. The van der Waals surface area contributed by atoms with E-state index in [4.69, 9.17) is 21.7 Å². The number of ether oxygens (including phenoxy) is 2. The molecule has 1 aliphatic rings. The first kappa shape index (κ1) is 20.9. The highest BCUT2D eigenvalue weighted by molar-refractivity contribution is 8.26. The zero-order chi connectivity index (χ0) is 21.0. The summed E-state index contributed by atoms with van der Waals surface area (Å²) in [5.74, 6) is 0.598. The highest BCUT2D eigenvalue weighted by atomic mass is 32.2. The van der Waals surface area contributed by atoms with Gasteiger partial charge in [-0.3, -0.25) is 15.0 Å². The Kier molecular flexibility index (Phi) is 6.56. The normalized spacial score (nSPS) is 15.2. The molecule has 0 aliphatic carbocycles. The standard InChI is InChI=1S/C21H20N2O4S2/c1-13(2)27-17-8-4-14(5-9-17)12-18-20(25)23(21(28)29-18)22-19(24)15-6-10-16(26-3)11-7-15/h4-13H,1-3H3,(H,22,24). The second-order valence-electron chi connectivity index (χ2n) is 6.42. The van der Waals surface area contributed by atoms with E-state index in [9.17, 15) is 9.59 Å². The maximum Gasteiger partial charge on any atom is 0.285 e. The lowest BCUT2D eigenvalue weighted by molar-refractivity contribution is -0.123. The fraction of sp³-hybridized carbons (Fsp3) is 0.190. The average molecular weight is 429 g/mol. The predicted octanol–water partition coefficient (Wildman–Crippen LogP) is 4.03. The van der Waals surface area contributed by atoms with Crippen LogP contribution in [-0.4, -0.2) is 34.4 Å². The number of rotatable bonds is 6. The zero-order valence-electron chi connectivity index (χ0n) is 16.2. The number of amides is 2. The topological polar surface area (TPSA) is 67.9 Å². The van der Waals surface area contributed by atoms with E-state index in [1.165, 1.54) is 0 Å². The molecule has 0 radical (unpaired) electrons. The van der Waals surface area contributed by atoms with Crippen LogP contribution in [0.2, 0.25) is 0 Å². The molecule has 150 valence electrons. The molecule has 2 aromatic rings. The molecule has 29 heavy (non-hydrogen) atoms. The monoisotopic (exact) mass is 428 g/mol. The lowest BCUT2D eigenvalue weighted by atomic mass is 10.2. The Morgan fingerprint density at radius 2 is 1.72 bits per heavy atom. The Morgan fingerprint density at radius 3 is 2.31 bits per heavy atom. The van der Waals surface area contributed by atoms with Gasteiger partial charge in [-0.15, -0.1) is 0 Å². The van der Waals surface area contributed by atoms with E-state index in [0.717, 1.165) is 28.1 Å². The highest BCUT2D eigenvalue weighted by Gasteiger charge is 2.33. The summed E-state index contributed by atoms with van der Waals surface area (Å²) in [6, 6.07) is 14.0. The molecule has 1 aliphatic heterocycles. The van der Waals surface area contributed by atoms with Gasteiger partial charge in [0.25, 0.3) is 11.8 Å². The van der Waals surface area contributed by atoms with Gasteiger partial charge in [0.1, 0.15) is 11.5 Å². The minimum Gasteiger partial charge on any atom is -0.497 e. The van der Waals surface area contributed by atoms with Gasteiger partial charge >= 0.3 is 0 Å². The first-order chi connectivity index (χ1) is 13.9. The van der Waals surface area contributed by atoms with E-state index in [1.54, 1.807) is 37.5 Å². The molecule has 2 aromatic carbocycles. The molecule has 3 rings (SSSR count).